The van der Waals surface area contributed by atoms with Gasteiger partial charge in [-0.15, -0.1) is 0 Å². The van der Waals surface area contributed by atoms with Gasteiger partial charge in [0.15, 0.2) is 0 Å². The molecule has 0 aliphatic carbocycles. The van der Waals surface area contributed by atoms with Crippen molar-refractivity contribution in [2.45, 2.75) is 40.4 Å². The smallest absolute Gasteiger partial charge is 0.242 e. The SMILES string of the molecule is CC(C)CN1C[C@@H](OCc2ccccc2F)CN(C(=O)C(C)C)CC1=O. The highest BCUT2D eigenvalue weighted by molar-refractivity contribution is 5.86. The van der Waals surface area contributed by atoms with Gasteiger partial charge in [0, 0.05) is 31.1 Å². The van der Waals surface area contributed by atoms with Crippen LogP contribution in [0.5, 0.6) is 0 Å². The van der Waals surface area contributed by atoms with E-state index in [1.54, 1.807) is 28.0 Å². The first-order valence-corrected chi connectivity index (χ1v) is 9.19. The van der Waals surface area contributed by atoms with Crippen LogP contribution in [0.15, 0.2) is 24.3 Å². The van der Waals surface area contributed by atoms with Gasteiger partial charge in [0.05, 0.1) is 19.3 Å². The minimum Gasteiger partial charge on any atom is -0.370 e. The molecular formula is C20H29FN2O3. The first kappa shape index (κ1) is 20.4. The molecule has 0 N–H and O–H groups in total. The zero-order chi connectivity index (χ0) is 19.3. The molecular weight excluding hydrogens is 335 g/mol. The van der Waals surface area contributed by atoms with Crippen LogP contribution in [0.2, 0.25) is 0 Å². The third kappa shape index (κ3) is 5.53. The fourth-order valence-corrected chi connectivity index (χ4v) is 3.06. The second-order valence-corrected chi connectivity index (χ2v) is 7.59. The van der Waals surface area contributed by atoms with Gasteiger partial charge in [-0.3, -0.25) is 9.59 Å². The quantitative estimate of drug-likeness (QED) is 0.780. The van der Waals surface area contributed by atoms with Gasteiger partial charge in [-0.05, 0) is 12.0 Å². The highest BCUT2D eigenvalue weighted by Crippen LogP contribution is 2.16. The van der Waals surface area contributed by atoms with Crippen molar-refractivity contribution in [3.8, 4) is 0 Å². The summed E-state index contributed by atoms with van der Waals surface area (Å²) in [6.45, 7) is 9.28. The zero-order valence-electron chi connectivity index (χ0n) is 16.1. The molecule has 0 aromatic heterocycles. The molecule has 0 spiro atoms. The number of hydrogen-bond acceptors (Lipinski definition) is 3. The van der Waals surface area contributed by atoms with Crippen molar-refractivity contribution in [1.29, 1.82) is 0 Å². The summed E-state index contributed by atoms with van der Waals surface area (Å²) in [5.74, 6) is -0.314. The van der Waals surface area contributed by atoms with Gasteiger partial charge in [0.25, 0.3) is 0 Å². The number of amides is 2. The molecule has 1 aliphatic heterocycles. The molecule has 0 unspecified atom stereocenters. The lowest BCUT2D eigenvalue weighted by Crippen LogP contribution is -2.42. The average Bonchev–Trinajstić information content (AvgIpc) is 2.72. The molecule has 1 aromatic rings. The Morgan fingerprint density at radius 1 is 1.23 bits per heavy atom. The van der Waals surface area contributed by atoms with Crippen molar-refractivity contribution in [2.75, 3.05) is 26.2 Å². The maximum absolute atomic E-state index is 13.8. The molecule has 5 nitrogen and oxygen atoms in total. The molecule has 2 amide bonds. The van der Waals surface area contributed by atoms with Crippen LogP contribution in [0.25, 0.3) is 0 Å². The Hall–Kier alpha value is -1.95. The van der Waals surface area contributed by atoms with Crippen molar-refractivity contribution in [1.82, 2.24) is 9.80 Å². The normalized spacial score (nSPS) is 18.6. The van der Waals surface area contributed by atoms with Crippen molar-refractivity contribution in [3.63, 3.8) is 0 Å². The fraction of sp³-hybridized carbons (Fsp3) is 0.600. The fourth-order valence-electron chi connectivity index (χ4n) is 3.06. The maximum Gasteiger partial charge on any atom is 0.242 e. The monoisotopic (exact) mass is 364 g/mol. The van der Waals surface area contributed by atoms with Gasteiger partial charge < -0.3 is 14.5 Å². The van der Waals surface area contributed by atoms with Gasteiger partial charge in [-0.2, -0.15) is 0 Å². The molecule has 26 heavy (non-hydrogen) atoms. The molecule has 144 valence electrons. The van der Waals surface area contributed by atoms with E-state index >= 15 is 0 Å². The summed E-state index contributed by atoms with van der Waals surface area (Å²) in [6.07, 6.45) is -0.345. The summed E-state index contributed by atoms with van der Waals surface area (Å²) in [5, 5.41) is 0. The Bertz CT molecular complexity index is 633. The minimum atomic E-state index is -0.345. The molecule has 1 fully saturated rings. The number of nitrogens with zero attached hydrogens (tertiary/aromatic N) is 2. The van der Waals surface area contributed by atoms with Gasteiger partial charge in [-0.25, -0.2) is 4.39 Å². The van der Waals surface area contributed by atoms with Crippen LogP contribution >= 0.6 is 0 Å². The molecule has 1 saturated heterocycles. The van der Waals surface area contributed by atoms with E-state index in [-0.39, 0.29) is 42.8 Å². The van der Waals surface area contributed by atoms with E-state index in [1.165, 1.54) is 6.07 Å². The van der Waals surface area contributed by atoms with Crippen molar-refractivity contribution in [3.05, 3.63) is 35.6 Å². The number of halogens is 1. The number of carbonyl (C=O) groups is 2. The lowest BCUT2D eigenvalue weighted by Gasteiger charge is -2.26. The number of rotatable bonds is 6. The molecule has 0 saturated carbocycles. The van der Waals surface area contributed by atoms with E-state index in [0.717, 1.165) is 0 Å². The van der Waals surface area contributed by atoms with E-state index in [4.69, 9.17) is 4.74 Å². The van der Waals surface area contributed by atoms with Gasteiger partial charge >= 0.3 is 0 Å². The molecule has 1 aromatic carbocycles. The van der Waals surface area contributed by atoms with Crippen LogP contribution < -0.4 is 0 Å². The average molecular weight is 364 g/mol. The van der Waals surface area contributed by atoms with Crippen LogP contribution in [0.1, 0.15) is 33.3 Å². The first-order chi connectivity index (χ1) is 12.3. The standard InChI is InChI=1S/C20H29FN2O3/c1-14(2)9-22-10-17(26-13-16-7-5-6-8-18(16)21)11-23(12-19(22)24)20(25)15(3)4/h5-8,14-15,17H,9-13H2,1-4H3/t17-/m1/s1. The Balaban J connectivity index is 2.13. The predicted molar refractivity (Wildman–Crippen MR) is 97.8 cm³/mol. The molecule has 1 atom stereocenters. The largest absolute Gasteiger partial charge is 0.370 e. The predicted octanol–water partition coefficient (Wildman–Crippen LogP) is 2.69. The third-order valence-corrected chi connectivity index (χ3v) is 4.35. The van der Waals surface area contributed by atoms with Crippen LogP contribution in [0.3, 0.4) is 0 Å². The summed E-state index contributed by atoms with van der Waals surface area (Å²) < 4.78 is 19.8. The van der Waals surface area contributed by atoms with E-state index < -0.39 is 0 Å². The van der Waals surface area contributed by atoms with Gasteiger partial charge in [0.1, 0.15) is 5.82 Å². The van der Waals surface area contributed by atoms with Crippen molar-refractivity contribution >= 4 is 11.8 Å². The highest BCUT2D eigenvalue weighted by atomic mass is 19.1. The number of ether oxygens (including phenoxy) is 1. The second-order valence-electron chi connectivity index (χ2n) is 7.59. The summed E-state index contributed by atoms with van der Waals surface area (Å²) in [6, 6.07) is 6.48. The van der Waals surface area contributed by atoms with Gasteiger partial charge in [-0.1, -0.05) is 45.9 Å². The minimum absolute atomic E-state index is 0.0651. The Morgan fingerprint density at radius 3 is 2.54 bits per heavy atom. The molecule has 1 aliphatic rings. The van der Waals surface area contributed by atoms with Crippen LogP contribution in [-0.4, -0.2) is 53.9 Å². The molecule has 1 heterocycles. The summed E-state index contributed by atoms with van der Waals surface area (Å²) in [5.41, 5.74) is 0.472. The maximum atomic E-state index is 13.8. The number of hydrogen-bond donors (Lipinski definition) is 0. The number of benzene rings is 1. The molecule has 6 heteroatoms. The first-order valence-electron chi connectivity index (χ1n) is 9.19. The summed E-state index contributed by atoms with van der Waals surface area (Å²) in [7, 11) is 0. The molecule has 2 rings (SSSR count). The second kappa shape index (κ2) is 9.12. The zero-order valence-corrected chi connectivity index (χ0v) is 16.1. The Kier molecular flexibility index (Phi) is 7.14. The highest BCUT2D eigenvalue weighted by Gasteiger charge is 2.31. The topological polar surface area (TPSA) is 49.9 Å². The van der Waals surface area contributed by atoms with Crippen molar-refractivity contribution < 1.29 is 18.7 Å². The lowest BCUT2D eigenvalue weighted by molar-refractivity contribution is -0.140. The van der Waals surface area contributed by atoms with Crippen molar-refractivity contribution in [2.24, 2.45) is 11.8 Å². The van der Waals surface area contributed by atoms with Crippen LogP contribution in [-0.2, 0) is 20.9 Å². The Labute approximate surface area is 155 Å². The van der Waals surface area contributed by atoms with Gasteiger partial charge in [0.2, 0.25) is 11.8 Å². The van der Waals surface area contributed by atoms with E-state index in [9.17, 15) is 14.0 Å². The lowest BCUT2D eigenvalue weighted by atomic mass is 10.2. The Morgan fingerprint density at radius 2 is 1.92 bits per heavy atom. The summed E-state index contributed by atoms with van der Waals surface area (Å²) >= 11 is 0. The van der Waals surface area contributed by atoms with Crippen LogP contribution in [0, 0.1) is 17.7 Å². The van der Waals surface area contributed by atoms with Crippen LogP contribution in [0.4, 0.5) is 4.39 Å². The third-order valence-electron chi connectivity index (χ3n) is 4.35. The van der Waals surface area contributed by atoms with E-state index in [0.29, 0.717) is 31.1 Å². The van der Waals surface area contributed by atoms with E-state index in [1.807, 2.05) is 27.7 Å². The molecule has 0 bridgehead atoms. The summed E-state index contributed by atoms with van der Waals surface area (Å²) in [4.78, 5) is 28.3. The van der Waals surface area contributed by atoms with E-state index in [2.05, 4.69) is 0 Å². The number of carbonyl (C=O) groups excluding carboxylic acids is 2. The molecule has 0 radical (unpaired) electrons.